The maximum absolute atomic E-state index is 9.43. The normalized spacial score (nSPS) is 16.1. The van der Waals surface area contributed by atoms with Gasteiger partial charge in [0, 0.05) is 11.4 Å². The summed E-state index contributed by atoms with van der Waals surface area (Å²) in [6.45, 7) is 0.979. The van der Waals surface area contributed by atoms with Gasteiger partial charge in [0.25, 0.3) is 0 Å². The van der Waals surface area contributed by atoms with Crippen molar-refractivity contribution >= 4 is 11.8 Å². The van der Waals surface area contributed by atoms with Gasteiger partial charge in [0.05, 0.1) is 18.0 Å². The third-order valence-corrected chi connectivity index (χ3v) is 5.28. The van der Waals surface area contributed by atoms with Gasteiger partial charge >= 0.3 is 0 Å². The Kier molecular flexibility index (Phi) is 5.21. The number of aliphatic hydroxyl groups is 1. The Bertz CT molecular complexity index is 600. The van der Waals surface area contributed by atoms with Gasteiger partial charge in [0.2, 0.25) is 0 Å². The molecule has 1 saturated carbocycles. The van der Waals surface area contributed by atoms with Crippen LogP contribution in [0.4, 0.5) is 0 Å². The molecule has 0 spiro atoms. The van der Waals surface area contributed by atoms with Crippen LogP contribution in [-0.4, -0.2) is 21.1 Å². The van der Waals surface area contributed by atoms with Crippen molar-refractivity contribution in [1.29, 1.82) is 0 Å². The van der Waals surface area contributed by atoms with Gasteiger partial charge in [0.15, 0.2) is 0 Å². The molecule has 1 fully saturated rings. The maximum Gasteiger partial charge on any atom is 0.0885 e. The fraction of sp³-hybridized carbons (Fsp3) is 0.500. The van der Waals surface area contributed by atoms with Crippen LogP contribution in [0.15, 0.2) is 35.2 Å². The molecule has 0 bridgehead atoms. The first-order valence-corrected chi connectivity index (χ1v) is 9.34. The van der Waals surface area contributed by atoms with Gasteiger partial charge in [-0.05, 0) is 48.8 Å². The van der Waals surface area contributed by atoms with Gasteiger partial charge in [-0.15, -0.1) is 11.8 Å². The standard InChI is InChI=1S/C18H24N2OS/c1-22-17-9-7-15(8-10-17)18-11-16(13-21)19-20(18)12-14-5-3-2-4-6-14/h7-11,14,21H,2-6,12-13H2,1H3. The minimum atomic E-state index is 0.00750. The van der Waals surface area contributed by atoms with Crippen LogP contribution < -0.4 is 0 Å². The zero-order valence-corrected chi connectivity index (χ0v) is 14.0. The highest BCUT2D eigenvalue weighted by Crippen LogP contribution is 2.29. The Morgan fingerprint density at radius 3 is 2.55 bits per heavy atom. The van der Waals surface area contributed by atoms with E-state index in [9.17, 15) is 5.11 Å². The predicted octanol–water partition coefficient (Wildman–Crippen LogP) is 4.34. The Morgan fingerprint density at radius 1 is 1.18 bits per heavy atom. The first kappa shape index (κ1) is 15.6. The van der Waals surface area contributed by atoms with Gasteiger partial charge < -0.3 is 5.11 Å². The fourth-order valence-electron chi connectivity index (χ4n) is 3.29. The van der Waals surface area contributed by atoms with Gasteiger partial charge in [-0.25, -0.2) is 0 Å². The molecule has 3 nitrogen and oxygen atoms in total. The van der Waals surface area contributed by atoms with Crippen molar-refractivity contribution in [2.75, 3.05) is 6.26 Å². The van der Waals surface area contributed by atoms with E-state index in [4.69, 9.17) is 0 Å². The van der Waals surface area contributed by atoms with Gasteiger partial charge in [-0.2, -0.15) is 5.10 Å². The van der Waals surface area contributed by atoms with E-state index in [1.807, 2.05) is 6.07 Å². The molecular formula is C18H24N2OS. The van der Waals surface area contributed by atoms with Crippen LogP contribution in [0.2, 0.25) is 0 Å². The lowest BCUT2D eigenvalue weighted by Gasteiger charge is -2.22. The van der Waals surface area contributed by atoms with Crippen LogP contribution in [-0.2, 0) is 13.2 Å². The highest BCUT2D eigenvalue weighted by atomic mass is 32.2. The molecule has 0 aliphatic heterocycles. The monoisotopic (exact) mass is 316 g/mol. The van der Waals surface area contributed by atoms with Crippen molar-refractivity contribution in [3.8, 4) is 11.3 Å². The van der Waals surface area contributed by atoms with Crippen LogP contribution in [0.1, 0.15) is 37.8 Å². The highest BCUT2D eigenvalue weighted by molar-refractivity contribution is 7.98. The number of rotatable bonds is 5. The second-order valence-corrected chi connectivity index (χ2v) is 6.97. The molecule has 1 heterocycles. The molecule has 1 aliphatic rings. The summed E-state index contributed by atoms with van der Waals surface area (Å²) in [5.74, 6) is 0.726. The van der Waals surface area contributed by atoms with Crippen LogP contribution in [0.3, 0.4) is 0 Å². The topological polar surface area (TPSA) is 38.1 Å². The maximum atomic E-state index is 9.43. The minimum Gasteiger partial charge on any atom is -0.390 e. The number of benzene rings is 1. The van der Waals surface area contributed by atoms with Gasteiger partial charge in [-0.1, -0.05) is 31.4 Å². The number of aromatic nitrogens is 2. The summed E-state index contributed by atoms with van der Waals surface area (Å²) in [6.07, 6.45) is 8.76. The van der Waals surface area contributed by atoms with Crippen molar-refractivity contribution < 1.29 is 5.11 Å². The molecule has 118 valence electrons. The van der Waals surface area contributed by atoms with Crippen molar-refractivity contribution in [3.63, 3.8) is 0 Å². The summed E-state index contributed by atoms with van der Waals surface area (Å²) in [6, 6.07) is 10.6. The second kappa shape index (κ2) is 7.34. The van der Waals surface area contributed by atoms with E-state index >= 15 is 0 Å². The van der Waals surface area contributed by atoms with Crippen molar-refractivity contribution in [2.45, 2.75) is 50.2 Å². The molecule has 0 unspecified atom stereocenters. The van der Waals surface area contributed by atoms with E-state index in [2.05, 4.69) is 40.3 Å². The highest BCUT2D eigenvalue weighted by Gasteiger charge is 2.17. The Labute approximate surface area is 136 Å². The number of thioether (sulfide) groups is 1. The Hall–Kier alpha value is -1.26. The van der Waals surface area contributed by atoms with E-state index in [0.717, 1.165) is 23.9 Å². The average molecular weight is 316 g/mol. The minimum absolute atomic E-state index is 0.00750. The lowest BCUT2D eigenvalue weighted by atomic mass is 9.89. The van der Waals surface area contributed by atoms with E-state index < -0.39 is 0 Å². The molecular weight excluding hydrogens is 292 g/mol. The molecule has 0 saturated heterocycles. The summed E-state index contributed by atoms with van der Waals surface area (Å²) >= 11 is 1.75. The Balaban J connectivity index is 1.86. The van der Waals surface area contributed by atoms with Crippen molar-refractivity contribution in [3.05, 3.63) is 36.0 Å². The van der Waals surface area contributed by atoms with E-state index in [1.165, 1.54) is 42.6 Å². The third-order valence-electron chi connectivity index (χ3n) is 4.53. The van der Waals surface area contributed by atoms with Crippen LogP contribution in [0.5, 0.6) is 0 Å². The number of nitrogens with zero attached hydrogens (tertiary/aromatic N) is 2. The summed E-state index contributed by atoms with van der Waals surface area (Å²) in [7, 11) is 0. The fourth-order valence-corrected chi connectivity index (χ4v) is 3.70. The SMILES string of the molecule is CSc1ccc(-c2cc(CO)nn2CC2CCCCC2)cc1. The molecule has 1 N–H and O–H groups in total. The largest absolute Gasteiger partial charge is 0.390 e. The van der Waals surface area contributed by atoms with Crippen LogP contribution >= 0.6 is 11.8 Å². The summed E-state index contributed by atoms with van der Waals surface area (Å²) < 4.78 is 2.11. The van der Waals surface area contributed by atoms with E-state index in [0.29, 0.717) is 0 Å². The third kappa shape index (κ3) is 3.55. The summed E-state index contributed by atoms with van der Waals surface area (Å²) in [4.78, 5) is 1.27. The first-order valence-electron chi connectivity index (χ1n) is 8.12. The number of hydrogen-bond acceptors (Lipinski definition) is 3. The molecule has 2 aromatic rings. The summed E-state index contributed by atoms with van der Waals surface area (Å²) in [5.41, 5.74) is 3.07. The smallest absolute Gasteiger partial charge is 0.0885 e. The molecule has 0 amide bonds. The Morgan fingerprint density at radius 2 is 1.91 bits per heavy atom. The second-order valence-electron chi connectivity index (χ2n) is 6.09. The molecule has 3 rings (SSSR count). The lowest BCUT2D eigenvalue weighted by Crippen LogP contribution is -2.16. The zero-order valence-electron chi connectivity index (χ0n) is 13.2. The molecule has 0 radical (unpaired) electrons. The van der Waals surface area contributed by atoms with Crippen molar-refractivity contribution in [1.82, 2.24) is 9.78 Å². The lowest BCUT2D eigenvalue weighted by molar-refractivity contribution is 0.271. The van der Waals surface area contributed by atoms with E-state index in [-0.39, 0.29) is 6.61 Å². The molecule has 0 atom stereocenters. The number of aliphatic hydroxyl groups excluding tert-OH is 1. The van der Waals surface area contributed by atoms with Crippen LogP contribution in [0, 0.1) is 5.92 Å². The quantitative estimate of drug-likeness (QED) is 0.834. The van der Waals surface area contributed by atoms with Gasteiger partial charge in [0.1, 0.15) is 0 Å². The molecule has 1 aromatic heterocycles. The average Bonchev–Trinajstić information content (AvgIpc) is 2.99. The van der Waals surface area contributed by atoms with Crippen molar-refractivity contribution in [2.24, 2.45) is 5.92 Å². The van der Waals surface area contributed by atoms with E-state index in [1.54, 1.807) is 11.8 Å². The molecule has 1 aromatic carbocycles. The first-order chi connectivity index (χ1) is 10.8. The van der Waals surface area contributed by atoms with Gasteiger partial charge in [-0.3, -0.25) is 4.68 Å². The van der Waals surface area contributed by atoms with Crippen LogP contribution in [0.25, 0.3) is 11.3 Å². The zero-order chi connectivity index (χ0) is 15.4. The molecule has 22 heavy (non-hydrogen) atoms. The molecule has 4 heteroatoms. The molecule has 1 aliphatic carbocycles. The predicted molar refractivity (Wildman–Crippen MR) is 91.9 cm³/mol. The summed E-state index contributed by atoms with van der Waals surface area (Å²) in [5, 5.41) is 14.0. The number of hydrogen-bond donors (Lipinski definition) is 1.